The molecule has 0 radical (unpaired) electrons. The third kappa shape index (κ3) is 34.0. The Morgan fingerprint density at radius 1 is 0.308 bits per heavy atom. The summed E-state index contributed by atoms with van der Waals surface area (Å²) in [6.07, 6.45) is 41.2. The Labute approximate surface area is 247 Å². The summed E-state index contributed by atoms with van der Waals surface area (Å²) in [5.41, 5.74) is 0. The van der Waals surface area contributed by atoms with Gasteiger partial charge in [0.2, 0.25) is 0 Å². The Morgan fingerprint density at radius 3 is 0.692 bits per heavy atom. The van der Waals surface area contributed by atoms with Gasteiger partial charge in [-0.25, -0.2) is 0 Å². The maximum atomic E-state index is 10.2. The molecule has 3 heteroatoms. The molecule has 0 rings (SSSR count). The van der Waals surface area contributed by atoms with Crippen molar-refractivity contribution < 1.29 is 10.2 Å². The van der Waals surface area contributed by atoms with E-state index in [0.717, 1.165) is 25.7 Å². The van der Waals surface area contributed by atoms with E-state index in [-0.39, 0.29) is 0 Å². The molecule has 0 bridgehead atoms. The number of aliphatic hydroxyl groups is 2. The zero-order chi connectivity index (χ0) is 28.5. The van der Waals surface area contributed by atoms with E-state index in [1.165, 1.54) is 180 Å². The molecule has 0 saturated heterocycles. The van der Waals surface area contributed by atoms with E-state index in [1.807, 2.05) is 0 Å². The van der Waals surface area contributed by atoms with Crippen molar-refractivity contribution in [1.29, 1.82) is 0 Å². The minimum atomic E-state index is -0.557. The molecule has 0 fully saturated rings. The average molecular weight is 554 g/mol. The third-order valence-electron chi connectivity index (χ3n) is 8.55. The van der Waals surface area contributed by atoms with Gasteiger partial charge in [-0.05, 0) is 25.7 Å². The highest BCUT2D eigenvalue weighted by Gasteiger charge is 2.09. The maximum absolute atomic E-state index is 10.2. The molecule has 0 heterocycles. The van der Waals surface area contributed by atoms with Crippen molar-refractivity contribution in [3.05, 3.63) is 0 Å². The minimum absolute atomic E-state index is 0.557. The summed E-state index contributed by atoms with van der Waals surface area (Å²) in [6.45, 7) is 4.57. The summed E-state index contributed by atoms with van der Waals surface area (Å²) in [7, 11) is 0. The number of rotatable bonds is 34. The molecule has 0 aliphatic heterocycles. The van der Waals surface area contributed by atoms with Crippen LogP contribution >= 0.6 is 0 Å². The first-order valence-electron chi connectivity index (χ1n) is 18.3. The van der Waals surface area contributed by atoms with Gasteiger partial charge >= 0.3 is 0 Å². The summed E-state index contributed by atoms with van der Waals surface area (Å²) in [4.78, 5) is 0. The molecule has 0 aliphatic carbocycles. The van der Waals surface area contributed by atoms with Crippen LogP contribution in [0, 0.1) is 0 Å². The standard InChI is InChI=1S/C36H75NO2/c1-3-5-7-9-11-13-15-17-19-21-23-25-27-29-31-33-35(38)37-36(39)34-32-30-28-26-24-22-20-18-16-14-12-10-8-6-4-2/h35-39H,3-34H2,1-2H3. The van der Waals surface area contributed by atoms with Crippen LogP contribution in [-0.2, 0) is 0 Å². The highest BCUT2D eigenvalue weighted by molar-refractivity contribution is 4.60. The molecule has 39 heavy (non-hydrogen) atoms. The molecular weight excluding hydrogens is 478 g/mol. The first kappa shape index (κ1) is 38.9. The fraction of sp³-hybridized carbons (Fsp3) is 1.00. The van der Waals surface area contributed by atoms with Crippen LogP contribution in [0.15, 0.2) is 0 Å². The first-order valence-corrected chi connectivity index (χ1v) is 18.3. The van der Waals surface area contributed by atoms with E-state index in [2.05, 4.69) is 19.2 Å². The van der Waals surface area contributed by atoms with Crippen LogP contribution in [0.5, 0.6) is 0 Å². The van der Waals surface area contributed by atoms with Crippen LogP contribution < -0.4 is 5.32 Å². The van der Waals surface area contributed by atoms with E-state index in [0.29, 0.717) is 0 Å². The first-order chi connectivity index (χ1) is 19.2. The van der Waals surface area contributed by atoms with Crippen LogP contribution in [0.25, 0.3) is 0 Å². The lowest BCUT2D eigenvalue weighted by atomic mass is 10.0. The van der Waals surface area contributed by atoms with Gasteiger partial charge in [-0.1, -0.05) is 194 Å². The summed E-state index contributed by atoms with van der Waals surface area (Å²) >= 11 is 0. The molecule has 3 nitrogen and oxygen atoms in total. The van der Waals surface area contributed by atoms with E-state index in [1.54, 1.807) is 0 Å². The molecule has 0 aliphatic rings. The predicted octanol–water partition coefficient (Wildman–Crippen LogP) is 11.7. The van der Waals surface area contributed by atoms with Crippen LogP contribution in [0.1, 0.15) is 219 Å². The Balaban J connectivity index is 3.26. The normalized spacial score (nSPS) is 13.2. The van der Waals surface area contributed by atoms with Crippen molar-refractivity contribution in [3.63, 3.8) is 0 Å². The van der Waals surface area contributed by atoms with E-state index >= 15 is 0 Å². The second-order valence-electron chi connectivity index (χ2n) is 12.7. The van der Waals surface area contributed by atoms with Gasteiger partial charge in [0.25, 0.3) is 0 Å². The van der Waals surface area contributed by atoms with E-state index in [9.17, 15) is 10.2 Å². The maximum Gasteiger partial charge on any atom is 0.106 e. The van der Waals surface area contributed by atoms with Gasteiger partial charge in [0.05, 0.1) is 0 Å². The molecule has 0 amide bonds. The quantitative estimate of drug-likeness (QED) is 0.0548. The van der Waals surface area contributed by atoms with Crippen LogP contribution in [0.3, 0.4) is 0 Å². The molecule has 0 saturated carbocycles. The minimum Gasteiger partial charge on any atom is -0.379 e. The number of aliphatic hydroxyl groups excluding tert-OH is 2. The summed E-state index contributed by atoms with van der Waals surface area (Å²) in [6, 6.07) is 0. The van der Waals surface area contributed by atoms with Crippen LogP contribution in [0.4, 0.5) is 0 Å². The number of hydrogen-bond acceptors (Lipinski definition) is 3. The SMILES string of the molecule is CCCCCCCCCCCCCCCCCC(O)NC(O)CCCCCCCCCCCCCCCCC. The van der Waals surface area contributed by atoms with Gasteiger partial charge < -0.3 is 10.2 Å². The van der Waals surface area contributed by atoms with Crippen molar-refractivity contribution in [1.82, 2.24) is 5.32 Å². The molecule has 0 aromatic carbocycles. The highest BCUT2D eigenvalue weighted by Crippen LogP contribution is 2.16. The lowest BCUT2D eigenvalue weighted by molar-refractivity contribution is 0.0310. The summed E-state index contributed by atoms with van der Waals surface area (Å²) in [5, 5.41) is 23.3. The van der Waals surface area contributed by atoms with Gasteiger partial charge in [0.15, 0.2) is 0 Å². The number of unbranched alkanes of at least 4 members (excludes halogenated alkanes) is 28. The molecule has 2 atom stereocenters. The van der Waals surface area contributed by atoms with Crippen molar-refractivity contribution >= 4 is 0 Å². The fourth-order valence-corrected chi connectivity index (χ4v) is 5.81. The largest absolute Gasteiger partial charge is 0.379 e. The van der Waals surface area contributed by atoms with Gasteiger partial charge in [0, 0.05) is 0 Å². The Bertz CT molecular complexity index is 392. The van der Waals surface area contributed by atoms with Crippen molar-refractivity contribution in [3.8, 4) is 0 Å². The average Bonchev–Trinajstić information content (AvgIpc) is 2.93. The number of hydrogen-bond donors (Lipinski definition) is 3. The molecule has 0 spiro atoms. The topological polar surface area (TPSA) is 52.5 Å². The van der Waals surface area contributed by atoms with Crippen LogP contribution in [-0.4, -0.2) is 22.7 Å². The zero-order valence-corrected chi connectivity index (χ0v) is 27.2. The Morgan fingerprint density at radius 2 is 0.487 bits per heavy atom. The second-order valence-corrected chi connectivity index (χ2v) is 12.7. The molecular formula is C36H75NO2. The second kappa shape index (κ2) is 34.1. The van der Waals surface area contributed by atoms with E-state index < -0.39 is 12.5 Å². The molecule has 2 unspecified atom stereocenters. The molecule has 0 aromatic heterocycles. The smallest absolute Gasteiger partial charge is 0.106 e. The van der Waals surface area contributed by atoms with Gasteiger partial charge in [-0.15, -0.1) is 0 Å². The molecule has 236 valence electrons. The summed E-state index contributed by atoms with van der Waals surface area (Å²) < 4.78 is 0. The predicted molar refractivity (Wildman–Crippen MR) is 174 cm³/mol. The Hall–Kier alpha value is -0.120. The van der Waals surface area contributed by atoms with Gasteiger partial charge in [-0.3, -0.25) is 5.32 Å². The highest BCUT2D eigenvalue weighted by atomic mass is 16.3. The lowest BCUT2D eigenvalue weighted by Crippen LogP contribution is -2.38. The van der Waals surface area contributed by atoms with Gasteiger partial charge in [0.1, 0.15) is 12.5 Å². The molecule has 3 N–H and O–H groups in total. The van der Waals surface area contributed by atoms with Crippen LogP contribution in [0.2, 0.25) is 0 Å². The Kier molecular flexibility index (Phi) is 34.0. The third-order valence-corrected chi connectivity index (χ3v) is 8.55. The monoisotopic (exact) mass is 554 g/mol. The molecule has 0 aromatic rings. The van der Waals surface area contributed by atoms with Crippen molar-refractivity contribution in [2.45, 2.75) is 232 Å². The lowest BCUT2D eigenvalue weighted by Gasteiger charge is -2.18. The summed E-state index contributed by atoms with van der Waals surface area (Å²) in [5.74, 6) is 0. The van der Waals surface area contributed by atoms with Crippen molar-refractivity contribution in [2.75, 3.05) is 0 Å². The fourth-order valence-electron chi connectivity index (χ4n) is 5.81. The number of nitrogens with one attached hydrogen (secondary N) is 1. The van der Waals surface area contributed by atoms with Gasteiger partial charge in [-0.2, -0.15) is 0 Å². The van der Waals surface area contributed by atoms with Crippen molar-refractivity contribution in [2.24, 2.45) is 0 Å². The van der Waals surface area contributed by atoms with E-state index in [4.69, 9.17) is 0 Å². The zero-order valence-electron chi connectivity index (χ0n) is 27.2.